The number of ketones is 1. The van der Waals surface area contributed by atoms with Crippen LogP contribution in [0.2, 0.25) is 0 Å². The summed E-state index contributed by atoms with van der Waals surface area (Å²) in [6.45, 7) is 9.70. The molecule has 0 aliphatic carbocycles. The average molecular weight is 457 g/mol. The van der Waals surface area contributed by atoms with Crippen LogP contribution in [0.3, 0.4) is 0 Å². The van der Waals surface area contributed by atoms with Gasteiger partial charge in [0.25, 0.3) is 0 Å². The molecule has 0 aliphatic rings. The first-order chi connectivity index (χ1) is 14.9. The zero-order valence-electron chi connectivity index (χ0n) is 19.1. The lowest BCUT2D eigenvalue weighted by Crippen LogP contribution is -2.22. The second-order valence-corrected chi connectivity index (χ2v) is 10.6. The summed E-state index contributed by atoms with van der Waals surface area (Å²) in [6, 6.07) is 9.99. The van der Waals surface area contributed by atoms with E-state index in [1.165, 1.54) is 23.0 Å². The highest BCUT2D eigenvalue weighted by molar-refractivity contribution is 7.90. The van der Waals surface area contributed by atoms with Gasteiger partial charge in [-0.1, -0.05) is 12.1 Å². The average Bonchev–Trinajstić information content (AvgIpc) is 3.09. The van der Waals surface area contributed by atoms with E-state index in [1.807, 2.05) is 27.7 Å². The van der Waals surface area contributed by atoms with Gasteiger partial charge in [-0.15, -0.1) is 0 Å². The molecule has 1 aromatic heterocycles. The number of hydrogen-bond donors (Lipinski definition) is 1. The quantitative estimate of drug-likeness (QED) is 0.554. The van der Waals surface area contributed by atoms with Crippen molar-refractivity contribution in [3.8, 4) is 22.8 Å². The van der Waals surface area contributed by atoms with Crippen LogP contribution < -0.4 is 4.74 Å². The predicted molar refractivity (Wildman–Crippen MR) is 123 cm³/mol. The second-order valence-electron chi connectivity index (χ2n) is 8.63. The molecule has 0 amide bonds. The largest absolute Gasteiger partial charge is 0.494 e. The summed E-state index contributed by atoms with van der Waals surface area (Å²) < 4.78 is 31.9. The van der Waals surface area contributed by atoms with Gasteiger partial charge in [-0.3, -0.25) is 4.79 Å². The van der Waals surface area contributed by atoms with E-state index in [0.29, 0.717) is 34.6 Å². The van der Waals surface area contributed by atoms with Crippen molar-refractivity contribution in [1.29, 1.82) is 0 Å². The van der Waals surface area contributed by atoms with Crippen molar-refractivity contribution < 1.29 is 23.1 Å². The first kappa shape index (κ1) is 23.5. The van der Waals surface area contributed by atoms with E-state index in [-0.39, 0.29) is 16.3 Å². The third-order valence-electron chi connectivity index (χ3n) is 5.15. The number of benzene rings is 2. The molecule has 3 rings (SSSR count). The van der Waals surface area contributed by atoms with Crippen LogP contribution in [0.4, 0.5) is 0 Å². The molecule has 0 saturated carbocycles. The zero-order valence-corrected chi connectivity index (χ0v) is 19.9. The van der Waals surface area contributed by atoms with Gasteiger partial charge in [0, 0.05) is 17.4 Å². The number of ether oxygens (including phenoxy) is 1. The van der Waals surface area contributed by atoms with Gasteiger partial charge in [0.05, 0.1) is 23.2 Å². The van der Waals surface area contributed by atoms with E-state index in [0.717, 1.165) is 6.26 Å². The maximum Gasteiger partial charge on any atom is 0.221 e. The van der Waals surface area contributed by atoms with Gasteiger partial charge in [0.15, 0.2) is 15.6 Å². The van der Waals surface area contributed by atoms with Crippen molar-refractivity contribution >= 4 is 15.6 Å². The first-order valence-electron chi connectivity index (χ1n) is 10.2. The summed E-state index contributed by atoms with van der Waals surface area (Å²) in [4.78, 5) is 13.5. The molecule has 8 heteroatoms. The maximum atomic E-state index is 13.3. The third kappa shape index (κ3) is 4.41. The highest BCUT2D eigenvalue weighted by atomic mass is 32.2. The normalized spacial score (nSPS) is 12.1. The lowest BCUT2D eigenvalue weighted by atomic mass is 9.92. The fourth-order valence-corrected chi connectivity index (χ4v) is 4.58. The molecule has 0 saturated heterocycles. The van der Waals surface area contributed by atoms with Crippen LogP contribution in [0.15, 0.2) is 47.5 Å². The molecule has 3 aromatic rings. The Balaban J connectivity index is 2.19. The monoisotopic (exact) mass is 456 g/mol. The van der Waals surface area contributed by atoms with Gasteiger partial charge in [0.1, 0.15) is 11.3 Å². The molecule has 1 N–H and O–H groups in total. The highest BCUT2D eigenvalue weighted by Crippen LogP contribution is 2.35. The standard InChI is InChI=1S/C24H28N2O5S/c1-7-31-17-10-8-16(9-11-17)21-15(2)18(12-13-20(21)32(6,29)30)22(27)19-14-25-26(23(19)28)24(3,4)5/h8-14,28H,7H2,1-6H3. The summed E-state index contributed by atoms with van der Waals surface area (Å²) in [6.07, 6.45) is 2.48. The van der Waals surface area contributed by atoms with Crippen molar-refractivity contribution in [2.75, 3.05) is 12.9 Å². The van der Waals surface area contributed by atoms with Gasteiger partial charge < -0.3 is 9.84 Å². The lowest BCUT2D eigenvalue weighted by molar-refractivity contribution is 0.103. The molecule has 0 atom stereocenters. The molecule has 0 unspecified atom stereocenters. The minimum absolute atomic E-state index is 0.0628. The molecule has 0 fully saturated rings. The summed E-state index contributed by atoms with van der Waals surface area (Å²) >= 11 is 0. The summed E-state index contributed by atoms with van der Waals surface area (Å²) in [5.74, 6) is 0.0148. The number of nitrogens with zero attached hydrogens (tertiary/aromatic N) is 2. The van der Waals surface area contributed by atoms with Crippen LogP contribution in [0.25, 0.3) is 11.1 Å². The van der Waals surface area contributed by atoms with E-state index in [9.17, 15) is 18.3 Å². The number of carbonyl (C=O) groups excluding carboxylic acids is 1. The van der Waals surface area contributed by atoms with Crippen molar-refractivity contribution in [1.82, 2.24) is 9.78 Å². The van der Waals surface area contributed by atoms with Crippen LogP contribution in [0.5, 0.6) is 11.6 Å². The number of sulfone groups is 1. The predicted octanol–water partition coefficient (Wildman–Crippen LogP) is 4.35. The minimum Gasteiger partial charge on any atom is -0.494 e. The molecule has 0 aliphatic heterocycles. The summed E-state index contributed by atoms with van der Waals surface area (Å²) in [5.41, 5.74) is 1.45. The third-order valence-corrected chi connectivity index (χ3v) is 6.29. The molecule has 0 bridgehead atoms. The Morgan fingerprint density at radius 2 is 1.72 bits per heavy atom. The summed E-state index contributed by atoms with van der Waals surface area (Å²) in [5, 5.41) is 14.8. The van der Waals surface area contributed by atoms with E-state index >= 15 is 0 Å². The zero-order chi connectivity index (χ0) is 23.8. The van der Waals surface area contributed by atoms with Gasteiger partial charge >= 0.3 is 0 Å². The Bertz CT molecular complexity index is 1270. The first-order valence-corrected chi connectivity index (χ1v) is 12.1. The van der Waals surface area contributed by atoms with E-state index in [2.05, 4.69) is 5.10 Å². The highest BCUT2D eigenvalue weighted by Gasteiger charge is 2.27. The number of rotatable bonds is 6. The van der Waals surface area contributed by atoms with Crippen LogP contribution in [-0.4, -0.2) is 42.0 Å². The van der Waals surface area contributed by atoms with E-state index in [1.54, 1.807) is 31.2 Å². The molecule has 0 radical (unpaired) electrons. The van der Waals surface area contributed by atoms with Crippen LogP contribution >= 0.6 is 0 Å². The van der Waals surface area contributed by atoms with E-state index < -0.39 is 21.2 Å². The molecule has 7 nitrogen and oxygen atoms in total. The van der Waals surface area contributed by atoms with Crippen molar-refractivity contribution in [2.24, 2.45) is 0 Å². The Labute approximate surface area is 188 Å². The molecule has 32 heavy (non-hydrogen) atoms. The second kappa shape index (κ2) is 8.43. The Morgan fingerprint density at radius 1 is 1.09 bits per heavy atom. The van der Waals surface area contributed by atoms with E-state index in [4.69, 9.17) is 4.74 Å². The van der Waals surface area contributed by atoms with Crippen LogP contribution in [-0.2, 0) is 15.4 Å². The molecular formula is C24H28N2O5S. The molecule has 0 spiro atoms. The Hall–Kier alpha value is -3.13. The topological polar surface area (TPSA) is 98.5 Å². The number of carbonyl (C=O) groups is 1. The number of aromatic nitrogens is 2. The smallest absolute Gasteiger partial charge is 0.221 e. The fourth-order valence-electron chi connectivity index (χ4n) is 3.62. The maximum absolute atomic E-state index is 13.3. The number of hydrogen-bond acceptors (Lipinski definition) is 6. The molecule has 2 aromatic carbocycles. The van der Waals surface area contributed by atoms with Crippen LogP contribution in [0.1, 0.15) is 49.2 Å². The Kier molecular flexibility index (Phi) is 6.20. The number of aromatic hydroxyl groups is 1. The molecule has 170 valence electrons. The molecular weight excluding hydrogens is 428 g/mol. The van der Waals surface area contributed by atoms with Crippen molar-refractivity contribution in [3.63, 3.8) is 0 Å². The molecule has 1 heterocycles. The van der Waals surface area contributed by atoms with Gasteiger partial charge in [0.2, 0.25) is 5.88 Å². The van der Waals surface area contributed by atoms with Crippen molar-refractivity contribution in [3.05, 3.63) is 59.3 Å². The lowest BCUT2D eigenvalue weighted by Gasteiger charge is -2.20. The van der Waals surface area contributed by atoms with Crippen LogP contribution in [0, 0.1) is 6.92 Å². The fraction of sp³-hybridized carbons (Fsp3) is 0.333. The summed E-state index contributed by atoms with van der Waals surface area (Å²) in [7, 11) is -3.56. The Morgan fingerprint density at radius 3 is 2.22 bits per heavy atom. The van der Waals surface area contributed by atoms with Gasteiger partial charge in [-0.05, 0) is 70.0 Å². The van der Waals surface area contributed by atoms with Gasteiger partial charge in [-0.25, -0.2) is 13.1 Å². The van der Waals surface area contributed by atoms with Crippen molar-refractivity contribution in [2.45, 2.75) is 45.1 Å². The minimum atomic E-state index is -3.56. The van der Waals surface area contributed by atoms with Gasteiger partial charge in [-0.2, -0.15) is 5.10 Å². The SMILES string of the molecule is CCOc1ccc(-c2c(S(C)(=O)=O)ccc(C(=O)c3cnn(C(C)(C)C)c3O)c2C)cc1.